The number of thiophene rings is 1. The summed E-state index contributed by atoms with van der Waals surface area (Å²) in [6, 6.07) is 9.40. The van der Waals surface area contributed by atoms with E-state index in [0.29, 0.717) is 55.3 Å². The van der Waals surface area contributed by atoms with Gasteiger partial charge in [-0.15, -0.1) is 11.3 Å². The van der Waals surface area contributed by atoms with Crippen LogP contribution < -0.4 is 0 Å². The van der Waals surface area contributed by atoms with Crippen LogP contribution in [0.4, 0.5) is 0 Å². The van der Waals surface area contributed by atoms with Gasteiger partial charge in [0.25, 0.3) is 0 Å². The molecule has 1 aromatic carbocycles. The number of aromatic carboxylic acids is 1. The van der Waals surface area contributed by atoms with Crippen molar-refractivity contribution in [1.29, 1.82) is 0 Å². The fourth-order valence-corrected chi connectivity index (χ4v) is 5.60. The van der Waals surface area contributed by atoms with Gasteiger partial charge in [-0.1, -0.05) is 29.8 Å². The first-order chi connectivity index (χ1) is 13.5. The molecule has 0 saturated carbocycles. The van der Waals surface area contributed by atoms with Crippen molar-refractivity contribution in [1.82, 2.24) is 4.90 Å². The van der Waals surface area contributed by atoms with Crippen molar-refractivity contribution in [2.24, 2.45) is 0 Å². The molecule has 3 heterocycles. The van der Waals surface area contributed by atoms with Crippen LogP contribution in [-0.2, 0) is 28.0 Å². The highest BCUT2D eigenvalue weighted by atomic mass is 35.5. The van der Waals surface area contributed by atoms with Gasteiger partial charge in [-0.3, -0.25) is 4.79 Å². The third kappa shape index (κ3) is 3.69. The average molecular weight is 420 g/mol. The van der Waals surface area contributed by atoms with Crippen LogP contribution in [0.3, 0.4) is 0 Å². The normalized spacial score (nSPS) is 18.1. The van der Waals surface area contributed by atoms with Crippen LogP contribution in [0.5, 0.6) is 0 Å². The van der Waals surface area contributed by atoms with Crippen LogP contribution in [0, 0.1) is 0 Å². The second-order valence-electron chi connectivity index (χ2n) is 7.34. The molecule has 7 heteroatoms. The number of fused-ring (bicyclic) bond motifs is 2. The average Bonchev–Trinajstić information content (AvgIpc) is 3.14. The van der Waals surface area contributed by atoms with Crippen molar-refractivity contribution in [3.8, 4) is 0 Å². The van der Waals surface area contributed by atoms with Crippen molar-refractivity contribution in [2.75, 3.05) is 19.7 Å². The Labute approximate surface area is 172 Å². The zero-order chi connectivity index (χ0) is 19.7. The summed E-state index contributed by atoms with van der Waals surface area (Å²) in [5.74, 6) is -0.759. The predicted octanol–water partition coefficient (Wildman–Crippen LogP) is 4.12. The Morgan fingerprint density at radius 1 is 1.25 bits per heavy atom. The van der Waals surface area contributed by atoms with Gasteiger partial charge in [0.1, 0.15) is 10.5 Å². The van der Waals surface area contributed by atoms with Crippen molar-refractivity contribution in [2.45, 2.75) is 37.7 Å². The van der Waals surface area contributed by atoms with Gasteiger partial charge >= 0.3 is 5.97 Å². The number of piperidine rings is 1. The largest absolute Gasteiger partial charge is 0.477 e. The number of ether oxygens (including phenoxy) is 1. The molecule has 4 rings (SSSR count). The minimum Gasteiger partial charge on any atom is -0.477 e. The summed E-state index contributed by atoms with van der Waals surface area (Å²) in [6.45, 7) is 1.85. The maximum absolute atomic E-state index is 12.7. The second-order valence-corrected chi connectivity index (χ2v) is 8.79. The minimum atomic E-state index is -0.887. The van der Waals surface area contributed by atoms with E-state index in [9.17, 15) is 14.7 Å². The number of carbonyl (C=O) groups excluding carboxylic acids is 1. The molecule has 1 spiro atoms. The van der Waals surface area contributed by atoms with E-state index < -0.39 is 11.6 Å². The molecule has 28 heavy (non-hydrogen) atoms. The van der Waals surface area contributed by atoms with E-state index in [0.717, 1.165) is 22.4 Å². The number of rotatable bonds is 4. The van der Waals surface area contributed by atoms with E-state index in [4.69, 9.17) is 16.3 Å². The molecule has 0 unspecified atom stereocenters. The smallest absolute Gasteiger partial charge is 0.345 e. The summed E-state index contributed by atoms with van der Waals surface area (Å²) in [4.78, 5) is 27.3. The Bertz CT molecular complexity index is 902. The zero-order valence-electron chi connectivity index (χ0n) is 15.4. The summed E-state index contributed by atoms with van der Waals surface area (Å²) in [5, 5.41) is 10.0. The maximum atomic E-state index is 12.7. The highest BCUT2D eigenvalue weighted by Crippen LogP contribution is 2.45. The van der Waals surface area contributed by atoms with E-state index in [1.165, 1.54) is 11.3 Å². The lowest BCUT2D eigenvalue weighted by atomic mass is 9.85. The molecule has 2 aliphatic rings. The number of hydrogen-bond donors (Lipinski definition) is 1. The van der Waals surface area contributed by atoms with Crippen molar-refractivity contribution < 1.29 is 19.4 Å². The first-order valence-electron chi connectivity index (χ1n) is 9.50. The maximum Gasteiger partial charge on any atom is 0.345 e. The summed E-state index contributed by atoms with van der Waals surface area (Å²) in [7, 11) is 0. The number of likely N-dealkylation sites (tertiary alicyclic amines) is 1. The lowest BCUT2D eigenvalue weighted by Crippen LogP contribution is -2.47. The Balaban J connectivity index is 1.40. The quantitative estimate of drug-likeness (QED) is 0.809. The molecule has 1 fully saturated rings. The van der Waals surface area contributed by atoms with E-state index in [1.807, 2.05) is 29.2 Å². The topological polar surface area (TPSA) is 66.8 Å². The molecule has 148 valence electrons. The highest BCUT2D eigenvalue weighted by Gasteiger charge is 2.43. The Kier molecular flexibility index (Phi) is 5.45. The molecule has 0 atom stereocenters. The van der Waals surface area contributed by atoms with E-state index >= 15 is 0 Å². The van der Waals surface area contributed by atoms with E-state index in [-0.39, 0.29) is 5.91 Å². The fraction of sp³-hybridized carbons (Fsp3) is 0.429. The van der Waals surface area contributed by atoms with Crippen LogP contribution in [0.2, 0.25) is 5.02 Å². The number of carboxylic acids is 1. The van der Waals surface area contributed by atoms with E-state index in [2.05, 4.69) is 0 Å². The molecule has 0 aliphatic carbocycles. The number of amides is 1. The molecule has 2 aromatic rings. The number of nitrogens with zero attached hydrogens (tertiary/aromatic N) is 1. The van der Waals surface area contributed by atoms with Gasteiger partial charge in [0.05, 0.1) is 6.61 Å². The van der Waals surface area contributed by atoms with Crippen molar-refractivity contribution >= 4 is 34.8 Å². The monoisotopic (exact) mass is 419 g/mol. The van der Waals surface area contributed by atoms with Crippen LogP contribution in [0.1, 0.15) is 44.9 Å². The summed E-state index contributed by atoms with van der Waals surface area (Å²) >= 11 is 7.51. The molecule has 1 aromatic heterocycles. The molecule has 1 amide bonds. The minimum absolute atomic E-state index is 0.128. The van der Waals surface area contributed by atoms with Crippen LogP contribution >= 0.6 is 22.9 Å². The highest BCUT2D eigenvalue weighted by molar-refractivity contribution is 7.14. The van der Waals surface area contributed by atoms with Gasteiger partial charge in [-0.2, -0.15) is 0 Å². The first kappa shape index (κ1) is 19.4. The molecular formula is C21H22ClNO4S. The lowest BCUT2D eigenvalue weighted by Gasteiger charge is -2.43. The predicted molar refractivity (Wildman–Crippen MR) is 108 cm³/mol. The number of halogens is 1. The van der Waals surface area contributed by atoms with Gasteiger partial charge in [0.15, 0.2) is 0 Å². The molecule has 0 radical (unpaired) electrons. The zero-order valence-corrected chi connectivity index (χ0v) is 17.0. The van der Waals surface area contributed by atoms with Gasteiger partial charge < -0.3 is 14.7 Å². The second kappa shape index (κ2) is 7.85. The summed E-state index contributed by atoms with van der Waals surface area (Å²) in [5.41, 5.74) is 1.64. The Morgan fingerprint density at radius 2 is 2.00 bits per heavy atom. The number of carbonyl (C=O) groups is 2. The number of aryl methyl sites for hydroxylation is 1. The van der Waals surface area contributed by atoms with Crippen LogP contribution in [0.15, 0.2) is 30.3 Å². The standard InChI is InChI=1S/C21H22ClNO4S/c22-16-4-2-1-3-14(16)5-6-18(24)23-10-8-21(9-11-23)19-15(7-12-27-21)13-17(28-19)20(25)26/h1-4,13H,5-12H2,(H,25,26). The van der Waals surface area contributed by atoms with Gasteiger partial charge in [0, 0.05) is 29.4 Å². The Hall–Kier alpha value is -1.89. The van der Waals surface area contributed by atoms with E-state index in [1.54, 1.807) is 6.07 Å². The van der Waals surface area contributed by atoms with Gasteiger partial charge in [0.2, 0.25) is 5.91 Å². The third-order valence-electron chi connectivity index (χ3n) is 5.67. The number of carboxylic acid groups (broad SMARTS) is 1. The van der Waals surface area contributed by atoms with Crippen molar-refractivity contribution in [3.63, 3.8) is 0 Å². The summed E-state index contributed by atoms with van der Waals surface area (Å²) in [6.07, 6.45) is 3.23. The molecule has 2 aliphatic heterocycles. The first-order valence-corrected chi connectivity index (χ1v) is 10.7. The van der Waals surface area contributed by atoms with Gasteiger partial charge in [-0.25, -0.2) is 4.79 Å². The van der Waals surface area contributed by atoms with Gasteiger partial charge in [-0.05, 0) is 48.9 Å². The number of benzene rings is 1. The fourth-order valence-electron chi connectivity index (χ4n) is 4.12. The Morgan fingerprint density at radius 3 is 2.71 bits per heavy atom. The molecule has 5 nitrogen and oxygen atoms in total. The van der Waals surface area contributed by atoms with Crippen LogP contribution in [-0.4, -0.2) is 41.6 Å². The lowest BCUT2D eigenvalue weighted by molar-refractivity contribution is -0.140. The van der Waals surface area contributed by atoms with Crippen LogP contribution in [0.25, 0.3) is 0 Å². The molecular weight excluding hydrogens is 398 g/mol. The third-order valence-corrected chi connectivity index (χ3v) is 7.39. The molecule has 0 bridgehead atoms. The molecule has 1 saturated heterocycles. The summed E-state index contributed by atoms with van der Waals surface area (Å²) < 4.78 is 6.16. The number of hydrogen-bond acceptors (Lipinski definition) is 4. The molecule has 1 N–H and O–H groups in total. The SMILES string of the molecule is O=C(O)c1cc2c(s1)C1(CCN(C(=O)CCc3ccccc3Cl)CC1)OCC2. The van der Waals surface area contributed by atoms with Crippen molar-refractivity contribution in [3.05, 3.63) is 56.2 Å².